The molecule has 31 heavy (non-hydrogen) atoms. The van der Waals surface area contributed by atoms with Crippen molar-refractivity contribution < 1.29 is 19.2 Å². The number of terminal acetylenes is 1. The average Bonchev–Trinajstić information content (AvgIpc) is 2.74. The highest BCUT2D eigenvalue weighted by molar-refractivity contribution is 5.85. The lowest BCUT2D eigenvalue weighted by molar-refractivity contribution is -0.385. The van der Waals surface area contributed by atoms with E-state index in [1.54, 1.807) is 24.3 Å². The van der Waals surface area contributed by atoms with Crippen molar-refractivity contribution in [3.63, 3.8) is 0 Å². The van der Waals surface area contributed by atoms with Gasteiger partial charge >= 0.3 is 0 Å². The first kappa shape index (κ1) is 23.2. The molecule has 0 aliphatic carbocycles. The van der Waals surface area contributed by atoms with Crippen LogP contribution in [0.1, 0.15) is 23.6 Å². The van der Waals surface area contributed by atoms with Gasteiger partial charge in [0.15, 0.2) is 11.5 Å². The lowest BCUT2D eigenvalue weighted by atomic mass is 10.1. The third-order valence-corrected chi connectivity index (χ3v) is 4.06. The zero-order valence-electron chi connectivity index (χ0n) is 17.2. The summed E-state index contributed by atoms with van der Waals surface area (Å²) in [6.07, 6.45) is 8.83. The summed E-state index contributed by atoms with van der Waals surface area (Å²) in [6.45, 7) is 6.12. The van der Waals surface area contributed by atoms with E-state index in [4.69, 9.17) is 15.9 Å². The van der Waals surface area contributed by atoms with Crippen molar-refractivity contribution >= 4 is 17.8 Å². The minimum atomic E-state index is -0.522. The normalized spacial score (nSPS) is 10.3. The first-order valence-corrected chi connectivity index (χ1v) is 9.51. The fourth-order valence-electron chi connectivity index (χ4n) is 2.84. The Morgan fingerprint density at radius 2 is 2.10 bits per heavy atom. The van der Waals surface area contributed by atoms with Crippen LogP contribution in [-0.4, -0.2) is 30.3 Å². The molecule has 0 unspecified atom stereocenters. The Balaban J connectivity index is 2.17. The van der Waals surface area contributed by atoms with E-state index in [0.29, 0.717) is 35.7 Å². The summed E-state index contributed by atoms with van der Waals surface area (Å²) in [5.41, 5.74) is 4.06. The zero-order valence-corrected chi connectivity index (χ0v) is 17.2. The standard InChI is InChI=1S/C23H23N3O5/c1-4-9-19-13-17(14-21(30-6-3)23(19)31-12-5-2)16-24-25-22(27)15-18-10-7-8-11-20(18)26(28)29/h2,4,7-8,10-11,13-14,16H,1,6,9,12,15H2,3H3,(H,25,27). The molecule has 2 aromatic rings. The van der Waals surface area contributed by atoms with Crippen molar-refractivity contribution in [3.8, 4) is 23.8 Å². The summed E-state index contributed by atoms with van der Waals surface area (Å²) in [7, 11) is 0. The smallest absolute Gasteiger partial charge is 0.273 e. The molecular weight excluding hydrogens is 398 g/mol. The summed E-state index contributed by atoms with van der Waals surface area (Å²) >= 11 is 0. The van der Waals surface area contributed by atoms with Gasteiger partial charge in [-0.05, 0) is 31.0 Å². The third-order valence-electron chi connectivity index (χ3n) is 4.06. The molecule has 1 amide bonds. The minimum Gasteiger partial charge on any atom is -0.490 e. The van der Waals surface area contributed by atoms with Crippen molar-refractivity contribution in [2.75, 3.05) is 13.2 Å². The number of nitrogens with one attached hydrogen (secondary N) is 1. The van der Waals surface area contributed by atoms with Crippen LogP contribution >= 0.6 is 0 Å². The molecule has 0 aromatic heterocycles. The number of carbonyl (C=O) groups excluding carboxylic acids is 1. The Labute approximate surface area is 180 Å². The van der Waals surface area contributed by atoms with E-state index in [1.807, 2.05) is 13.0 Å². The number of nitrogens with zero attached hydrogens (tertiary/aromatic N) is 2. The number of benzene rings is 2. The van der Waals surface area contributed by atoms with Crippen molar-refractivity contribution in [3.05, 3.63) is 75.9 Å². The number of hydrogen-bond donors (Lipinski definition) is 1. The maximum atomic E-state index is 12.2. The molecule has 8 nitrogen and oxygen atoms in total. The highest BCUT2D eigenvalue weighted by atomic mass is 16.6. The number of carbonyl (C=O) groups is 1. The van der Waals surface area contributed by atoms with Gasteiger partial charge in [-0.3, -0.25) is 14.9 Å². The maximum Gasteiger partial charge on any atom is 0.273 e. The van der Waals surface area contributed by atoms with E-state index in [-0.39, 0.29) is 18.7 Å². The predicted octanol–water partition coefficient (Wildman–Crippen LogP) is 3.43. The van der Waals surface area contributed by atoms with E-state index in [0.717, 1.165) is 5.56 Å². The molecule has 0 bridgehead atoms. The monoisotopic (exact) mass is 421 g/mol. The van der Waals surface area contributed by atoms with Gasteiger partial charge in [0, 0.05) is 17.2 Å². The second-order valence-corrected chi connectivity index (χ2v) is 6.28. The van der Waals surface area contributed by atoms with E-state index in [9.17, 15) is 14.9 Å². The number of hydrogen-bond acceptors (Lipinski definition) is 6. The summed E-state index contributed by atoms with van der Waals surface area (Å²) < 4.78 is 11.3. The number of para-hydroxylation sites is 1. The molecule has 0 saturated heterocycles. The Kier molecular flexibility index (Phi) is 8.80. The number of rotatable bonds is 11. The van der Waals surface area contributed by atoms with Crippen LogP contribution in [-0.2, 0) is 17.6 Å². The van der Waals surface area contributed by atoms with Crippen molar-refractivity contribution in [1.82, 2.24) is 5.43 Å². The van der Waals surface area contributed by atoms with Gasteiger partial charge in [-0.15, -0.1) is 13.0 Å². The quantitative estimate of drug-likeness (QED) is 0.197. The van der Waals surface area contributed by atoms with Gasteiger partial charge in [-0.2, -0.15) is 5.10 Å². The predicted molar refractivity (Wildman–Crippen MR) is 118 cm³/mol. The van der Waals surface area contributed by atoms with Gasteiger partial charge in [-0.25, -0.2) is 5.43 Å². The van der Waals surface area contributed by atoms with Crippen LogP contribution in [0.5, 0.6) is 11.5 Å². The summed E-state index contributed by atoms with van der Waals surface area (Å²) in [5, 5.41) is 15.0. The number of nitro groups is 1. The number of ether oxygens (including phenoxy) is 2. The van der Waals surface area contributed by atoms with Crippen LogP contribution in [0, 0.1) is 22.5 Å². The molecule has 0 heterocycles. The molecule has 160 valence electrons. The number of allylic oxidation sites excluding steroid dienone is 1. The van der Waals surface area contributed by atoms with Crippen LogP contribution in [0.4, 0.5) is 5.69 Å². The number of nitro benzene ring substituents is 1. The Bertz CT molecular complexity index is 1020. The van der Waals surface area contributed by atoms with Crippen molar-refractivity contribution in [1.29, 1.82) is 0 Å². The molecule has 1 N–H and O–H groups in total. The molecule has 0 saturated carbocycles. The lowest BCUT2D eigenvalue weighted by Gasteiger charge is -2.15. The van der Waals surface area contributed by atoms with Crippen LogP contribution in [0.25, 0.3) is 0 Å². The molecule has 8 heteroatoms. The van der Waals surface area contributed by atoms with E-state index < -0.39 is 10.8 Å². The second-order valence-electron chi connectivity index (χ2n) is 6.28. The van der Waals surface area contributed by atoms with Crippen LogP contribution in [0.2, 0.25) is 0 Å². The third kappa shape index (κ3) is 6.72. The molecule has 0 fully saturated rings. The first-order valence-electron chi connectivity index (χ1n) is 9.51. The highest BCUT2D eigenvalue weighted by Gasteiger charge is 2.15. The SMILES string of the molecule is C#CCOc1c(CC=C)cc(C=NNC(=O)Cc2ccccc2[N+](=O)[O-])cc1OCC. The Morgan fingerprint density at radius 3 is 2.77 bits per heavy atom. The summed E-state index contributed by atoms with van der Waals surface area (Å²) in [5.74, 6) is 2.99. The molecule has 2 aromatic carbocycles. The van der Waals surface area contributed by atoms with Gasteiger partial charge in [0.25, 0.3) is 5.69 Å². The molecule has 0 spiro atoms. The largest absolute Gasteiger partial charge is 0.490 e. The lowest BCUT2D eigenvalue weighted by Crippen LogP contribution is -2.20. The van der Waals surface area contributed by atoms with Gasteiger partial charge in [0.1, 0.15) is 6.61 Å². The van der Waals surface area contributed by atoms with E-state index in [1.165, 1.54) is 18.3 Å². The second kappa shape index (κ2) is 11.8. The number of amides is 1. The van der Waals surface area contributed by atoms with E-state index in [2.05, 4.69) is 23.0 Å². The van der Waals surface area contributed by atoms with E-state index >= 15 is 0 Å². The molecule has 0 atom stereocenters. The topological polar surface area (TPSA) is 103 Å². The van der Waals surface area contributed by atoms with Gasteiger partial charge in [0.2, 0.25) is 5.91 Å². The maximum absolute atomic E-state index is 12.2. The average molecular weight is 421 g/mol. The Hall–Kier alpha value is -4.12. The van der Waals surface area contributed by atoms with Gasteiger partial charge < -0.3 is 9.47 Å². The molecule has 0 radical (unpaired) electrons. The fraction of sp³-hybridized carbons (Fsp3) is 0.217. The molecule has 0 aliphatic heterocycles. The van der Waals surface area contributed by atoms with Crippen LogP contribution in [0.15, 0.2) is 54.2 Å². The first-order chi connectivity index (χ1) is 15.0. The highest BCUT2D eigenvalue weighted by Crippen LogP contribution is 2.33. The van der Waals surface area contributed by atoms with Gasteiger partial charge in [0.05, 0.1) is 24.2 Å². The summed E-state index contributed by atoms with van der Waals surface area (Å²) in [6, 6.07) is 9.62. The van der Waals surface area contributed by atoms with Crippen LogP contribution in [0.3, 0.4) is 0 Å². The fourth-order valence-corrected chi connectivity index (χ4v) is 2.84. The Morgan fingerprint density at radius 1 is 1.32 bits per heavy atom. The van der Waals surface area contributed by atoms with Crippen molar-refractivity contribution in [2.45, 2.75) is 19.8 Å². The minimum absolute atomic E-state index is 0.0966. The zero-order chi connectivity index (χ0) is 22.6. The van der Waals surface area contributed by atoms with Gasteiger partial charge in [-0.1, -0.05) is 30.2 Å². The van der Waals surface area contributed by atoms with Crippen LogP contribution < -0.4 is 14.9 Å². The number of hydrazone groups is 1. The summed E-state index contributed by atoms with van der Waals surface area (Å²) in [4.78, 5) is 22.7. The molecule has 0 aliphatic rings. The van der Waals surface area contributed by atoms with Crippen molar-refractivity contribution in [2.24, 2.45) is 5.10 Å². The molecule has 2 rings (SSSR count). The molecular formula is C23H23N3O5.